The molecule has 0 saturated heterocycles. The maximum atomic E-state index is 9.60. The average Bonchev–Trinajstić information content (AvgIpc) is 2.55. The standard InChI is InChI=1S/C7H16.4C4H6O2/c1-6(2)7(3,4)5;4*1-3(2)4(5)6/h6H,1-5H3;4*1H2,2H3,(H,5,6). The summed E-state index contributed by atoms with van der Waals surface area (Å²) in [6.45, 7) is 29.7. The van der Waals surface area contributed by atoms with Crippen LogP contribution in [0.15, 0.2) is 48.6 Å². The van der Waals surface area contributed by atoms with Crippen LogP contribution in [0.2, 0.25) is 0 Å². The zero-order chi connectivity index (χ0) is 26.7. The molecular weight excluding hydrogens is 404 g/mol. The van der Waals surface area contributed by atoms with E-state index >= 15 is 0 Å². The highest BCUT2D eigenvalue weighted by Crippen LogP contribution is 2.23. The summed E-state index contributed by atoms with van der Waals surface area (Å²) < 4.78 is 0. The molecule has 0 bridgehead atoms. The first-order chi connectivity index (χ1) is 13.5. The van der Waals surface area contributed by atoms with E-state index in [0.717, 1.165) is 5.92 Å². The maximum absolute atomic E-state index is 9.60. The van der Waals surface area contributed by atoms with Crippen LogP contribution in [0.25, 0.3) is 0 Å². The van der Waals surface area contributed by atoms with Crippen LogP contribution in [0.4, 0.5) is 0 Å². The van der Waals surface area contributed by atoms with Crippen LogP contribution >= 0.6 is 0 Å². The van der Waals surface area contributed by atoms with Crippen molar-refractivity contribution in [1.29, 1.82) is 0 Å². The van der Waals surface area contributed by atoms with Crippen LogP contribution in [0.5, 0.6) is 0 Å². The number of hydrogen-bond donors (Lipinski definition) is 4. The van der Waals surface area contributed by atoms with Crippen molar-refractivity contribution in [3.63, 3.8) is 0 Å². The highest BCUT2D eigenvalue weighted by atomic mass is 16.4. The van der Waals surface area contributed by atoms with Gasteiger partial charge in [-0.3, -0.25) is 0 Å². The molecule has 0 heterocycles. The lowest BCUT2D eigenvalue weighted by Crippen LogP contribution is -2.12. The second-order valence-corrected chi connectivity index (χ2v) is 7.86. The first-order valence-corrected chi connectivity index (χ1v) is 9.07. The third-order valence-electron chi connectivity index (χ3n) is 3.19. The molecule has 0 aliphatic carbocycles. The molecule has 8 heteroatoms. The molecule has 0 unspecified atom stereocenters. The van der Waals surface area contributed by atoms with Gasteiger partial charge < -0.3 is 20.4 Å². The van der Waals surface area contributed by atoms with E-state index in [-0.39, 0.29) is 22.3 Å². The predicted octanol–water partition coefficient (Wildman–Crippen LogP) is 5.28. The summed E-state index contributed by atoms with van der Waals surface area (Å²) in [6.07, 6.45) is 0. The molecule has 0 aliphatic rings. The Labute approximate surface area is 186 Å². The molecular formula is C23H40O8. The van der Waals surface area contributed by atoms with Gasteiger partial charge in [-0.05, 0) is 39.0 Å². The van der Waals surface area contributed by atoms with Crippen molar-refractivity contribution in [1.82, 2.24) is 0 Å². The second kappa shape index (κ2) is 20.1. The Kier molecular flexibility index (Phi) is 25.0. The normalized spacial score (nSPS) is 8.71. The monoisotopic (exact) mass is 444 g/mol. The number of carbonyl (C=O) groups is 4. The van der Waals surface area contributed by atoms with Crippen LogP contribution in [0.1, 0.15) is 62.3 Å². The zero-order valence-electron chi connectivity index (χ0n) is 20.3. The quantitative estimate of drug-likeness (QED) is 0.428. The van der Waals surface area contributed by atoms with Crippen molar-refractivity contribution in [2.24, 2.45) is 11.3 Å². The van der Waals surface area contributed by atoms with E-state index in [1.807, 2.05) is 0 Å². The summed E-state index contributed by atoms with van der Waals surface area (Å²) in [5, 5.41) is 31.6. The van der Waals surface area contributed by atoms with E-state index in [1.54, 1.807) is 0 Å². The first-order valence-electron chi connectivity index (χ1n) is 9.07. The summed E-state index contributed by atoms with van der Waals surface area (Å²) in [7, 11) is 0. The molecule has 0 saturated carbocycles. The Morgan fingerprint density at radius 1 is 0.548 bits per heavy atom. The minimum absolute atomic E-state index is 0.176. The van der Waals surface area contributed by atoms with Gasteiger partial charge in [0.05, 0.1) is 0 Å². The van der Waals surface area contributed by atoms with Crippen LogP contribution in [-0.2, 0) is 19.2 Å². The molecule has 0 amide bonds. The van der Waals surface area contributed by atoms with Gasteiger partial charge in [0.25, 0.3) is 0 Å². The Balaban J connectivity index is -0.0000000910. The van der Waals surface area contributed by atoms with Crippen LogP contribution in [-0.4, -0.2) is 44.3 Å². The maximum Gasteiger partial charge on any atom is 0.330 e. The van der Waals surface area contributed by atoms with Gasteiger partial charge in [-0.25, -0.2) is 19.2 Å². The molecule has 0 fully saturated rings. The van der Waals surface area contributed by atoms with E-state index in [1.165, 1.54) is 27.7 Å². The summed E-state index contributed by atoms with van der Waals surface area (Å²) in [5.41, 5.74) is 1.20. The van der Waals surface area contributed by atoms with E-state index in [0.29, 0.717) is 5.41 Å². The smallest absolute Gasteiger partial charge is 0.330 e. The molecule has 0 aromatic carbocycles. The molecule has 0 rings (SSSR count). The molecule has 31 heavy (non-hydrogen) atoms. The van der Waals surface area contributed by atoms with Crippen molar-refractivity contribution < 1.29 is 39.6 Å². The zero-order valence-corrected chi connectivity index (χ0v) is 20.3. The van der Waals surface area contributed by atoms with Crippen molar-refractivity contribution in [2.45, 2.75) is 62.3 Å². The van der Waals surface area contributed by atoms with Gasteiger partial charge in [0.2, 0.25) is 0 Å². The second-order valence-electron chi connectivity index (χ2n) is 7.86. The molecule has 0 spiro atoms. The molecule has 0 radical (unpaired) electrons. The molecule has 0 aromatic heterocycles. The largest absolute Gasteiger partial charge is 0.478 e. The minimum atomic E-state index is -0.935. The highest BCUT2D eigenvalue weighted by Gasteiger charge is 2.13. The van der Waals surface area contributed by atoms with E-state index in [2.05, 4.69) is 60.9 Å². The minimum Gasteiger partial charge on any atom is -0.478 e. The van der Waals surface area contributed by atoms with Gasteiger partial charge in [-0.2, -0.15) is 0 Å². The molecule has 180 valence electrons. The molecule has 0 atom stereocenters. The topological polar surface area (TPSA) is 149 Å². The summed E-state index contributed by atoms with van der Waals surface area (Å²) in [5.74, 6) is -2.94. The SMILES string of the molecule is C=C(C)C(=O)O.C=C(C)C(=O)O.C=C(C)C(=O)O.C=C(C)C(=O)O.CC(C)C(C)(C)C. The fourth-order valence-corrected chi connectivity index (χ4v) is 0. The lowest BCUT2D eigenvalue weighted by molar-refractivity contribution is -0.133. The number of hydrogen-bond acceptors (Lipinski definition) is 4. The van der Waals surface area contributed by atoms with Crippen LogP contribution in [0.3, 0.4) is 0 Å². The Hall–Kier alpha value is -3.16. The Morgan fingerprint density at radius 2 is 0.613 bits per heavy atom. The van der Waals surface area contributed by atoms with E-state index in [9.17, 15) is 19.2 Å². The Morgan fingerprint density at radius 3 is 0.613 bits per heavy atom. The summed E-state index contributed by atoms with van der Waals surface area (Å²) >= 11 is 0. The fourth-order valence-electron chi connectivity index (χ4n) is 0. The van der Waals surface area contributed by atoms with Crippen molar-refractivity contribution in [3.05, 3.63) is 48.6 Å². The lowest BCUT2D eigenvalue weighted by atomic mass is 9.84. The molecule has 8 nitrogen and oxygen atoms in total. The van der Waals surface area contributed by atoms with Gasteiger partial charge >= 0.3 is 23.9 Å². The third kappa shape index (κ3) is 46.7. The van der Waals surface area contributed by atoms with Crippen molar-refractivity contribution in [3.8, 4) is 0 Å². The van der Waals surface area contributed by atoms with Gasteiger partial charge in [0.15, 0.2) is 0 Å². The molecule has 0 aliphatic heterocycles. The van der Waals surface area contributed by atoms with Gasteiger partial charge in [-0.15, -0.1) is 0 Å². The fraction of sp³-hybridized carbons (Fsp3) is 0.478. The van der Waals surface area contributed by atoms with Crippen LogP contribution in [0, 0.1) is 11.3 Å². The van der Waals surface area contributed by atoms with Gasteiger partial charge in [0, 0.05) is 22.3 Å². The number of carboxylic acid groups (broad SMARTS) is 4. The first kappa shape index (κ1) is 38.4. The number of aliphatic carboxylic acids is 4. The van der Waals surface area contributed by atoms with Crippen molar-refractivity contribution >= 4 is 23.9 Å². The van der Waals surface area contributed by atoms with Crippen LogP contribution < -0.4 is 0 Å². The van der Waals surface area contributed by atoms with E-state index < -0.39 is 23.9 Å². The Bertz CT molecular complexity index is 503. The average molecular weight is 445 g/mol. The molecule has 4 N–H and O–H groups in total. The molecule has 0 aromatic rings. The third-order valence-corrected chi connectivity index (χ3v) is 3.19. The summed E-state index contributed by atoms with van der Waals surface area (Å²) in [4.78, 5) is 38.4. The van der Waals surface area contributed by atoms with Gasteiger partial charge in [0.1, 0.15) is 0 Å². The van der Waals surface area contributed by atoms with Gasteiger partial charge in [-0.1, -0.05) is 60.9 Å². The lowest BCUT2D eigenvalue weighted by Gasteiger charge is -2.22. The highest BCUT2D eigenvalue weighted by molar-refractivity contribution is 5.85. The predicted molar refractivity (Wildman–Crippen MR) is 124 cm³/mol. The summed E-state index contributed by atoms with van der Waals surface area (Å²) in [6, 6.07) is 0. The number of rotatable bonds is 4. The van der Waals surface area contributed by atoms with Crippen molar-refractivity contribution in [2.75, 3.05) is 0 Å². The van der Waals surface area contributed by atoms with E-state index in [4.69, 9.17) is 20.4 Å². The number of carboxylic acids is 4.